The number of carbonyl (C=O) groups excluding carboxylic acids is 3. The summed E-state index contributed by atoms with van der Waals surface area (Å²) < 4.78 is 5.21. The lowest BCUT2D eigenvalue weighted by Crippen LogP contribution is -2.51. The number of hydrogen-bond donors (Lipinski definition) is 1. The van der Waals surface area contributed by atoms with Crippen LogP contribution in [0.5, 0.6) is 0 Å². The van der Waals surface area contributed by atoms with Crippen molar-refractivity contribution in [2.45, 2.75) is 29.5 Å². The van der Waals surface area contributed by atoms with E-state index in [4.69, 9.17) is 4.42 Å². The Hall–Kier alpha value is -2.74. The van der Waals surface area contributed by atoms with Gasteiger partial charge in [-0.1, -0.05) is 12.1 Å². The first-order chi connectivity index (χ1) is 13.6. The second-order valence-corrected chi connectivity index (χ2v) is 7.93. The Bertz CT molecular complexity index is 877. The van der Waals surface area contributed by atoms with Crippen LogP contribution >= 0.6 is 11.8 Å². The van der Waals surface area contributed by atoms with Crippen LogP contribution in [0.4, 0.5) is 5.69 Å². The molecule has 0 aliphatic carbocycles. The van der Waals surface area contributed by atoms with E-state index >= 15 is 0 Å². The first-order valence-electron chi connectivity index (χ1n) is 9.28. The normalized spacial score (nSPS) is 18.9. The second-order valence-electron chi connectivity index (χ2n) is 6.78. The van der Waals surface area contributed by atoms with Gasteiger partial charge >= 0.3 is 0 Å². The third-order valence-electron chi connectivity index (χ3n) is 4.87. The highest BCUT2D eigenvalue weighted by molar-refractivity contribution is 8.01. The highest BCUT2D eigenvalue weighted by Gasteiger charge is 2.41. The van der Waals surface area contributed by atoms with Gasteiger partial charge in [-0.15, -0.1) is 11.8 Å². The number of carbonyl (C=O) groups is 3. The summed E-state index contributed by atoms with van der Waals surface area (Å²) in [4.78, 5) is 42.4. The maximum atomic E-state index is 13.1. The molecule has 1 atom stereocenters. The van der Waals surface area contributed by atoms with Crippen LogP contribution in [-0.2, 0) is 20.9 Å². The molecule has 146 valence electrons. The van der Waals surface area contributed by atoms with E-state index in [0.29, 0.717) is 24.5 Å². The molecule has 1 aromatic carbocycles. The van der Waals surface area contributed by atoms with Gasteiger partial charge in [0.15, 0.2) is 5.25 Å². The van der Waals surface area contributed by atoms with Crippen LogP contribution in [0.2, 0.25) is 0 Å². The molecule has 8 heteroatoms. The summed E-state index contributed by atoms with van der Waals surface area (Å²) in [5.41, 5.74) is 0.663. The van der Waals surface area contributed by atoms with Crippen molar-refractivity contribution in [1.82, 2.24) is 10.2 Å². The minimum atomic E-state index is -0.842. The number of fused-ring (bicyclic) bond motifs is 1. The molecule has 1 N–H and O–H groups in total. The van der Waals surface area contributed by atoms with E-state index in [0.717, 1.165) is 17.7 Å². The van der Waals surface area contributed by atoms with Gasteiger partial charge in [-0.05, 0) is 37.1 Å². The molecule has 28 heavy (non-hydrogen) atoms. The van der Waals surface area contributed by atoms with Gasteiger partial charge < -0.3 is 19.5 Å². The molecule has 1 fully saturated rings. The smallest absolute Gasteiger partial charge is 0.250 e. The molecule has 0 spiro atoms. The molecule has 2 aromatic rings. The van der Waals surface area contributed by atoms with Crippen LogP contribution in [0.3, 0.4) is 0 Å². The monoisotopic (exact) mass is 399 g/mol. The first-order valence-corrected chi connectivity index (χ1v) is 10.2. The standard InChI is InChI=1S/C20H21N3O4S/c24-17(21-12-14-6-5-11-27-14)13-23-15-7-1-2-8-16(15)28-18(20(23)26)19(25)22-9-3-4-10-22/h1-2,5-8,11,18H,3-4,9-10,12-13H2,(H,21,24)/t18-/m0/s1. The van der Waals surface area contributed by atoms with Crippen molar-refractivity contribution in [3.05, 3.63) is 48.4 Å². The van der Waals surface area contributed by atoms with Gasteiger partial charge in [0.05, 0.1) is 18.5 Å². The number of thioether (sulfide) groups is 1. The number of hydrogen-bond acceptors (Lipinski definition) is 5. The zero-order valence-electron chi connectivity index (χ0n) is 15.3. The van der Waals surface area contributed by atoms with E-state index < -0.39 is 5.25 Å². The van der Waals surface area contributed by atoms with E-state index in [-0.39, 0.29) is 30.8 Å². The van der Waals surface area contributed by atoms with E-state index in [2.05, 4.69) is 5.32 Å². The molecule has 3 amide bonds. The summed E-state index contributed by atoms with van der Waals surface area (Å²) in [6.45, 7) is 1.49. The molecule has 3 heterocycles. The lowest BCUT2D eigenvalue weighted by Gasteiger charge is -2.34. The zero-order chi connectivity index (χ0) is 19.5. The minimum Gasteiger partial charge on any atom is -0.467 e. The van der Waals surface area contributed by atoms with E-state index in [1.165, 1.54) is 22.9 Å². The lowest BCUT2D eigenvalue weighted by atomic mass is 10.2. The number of rotatable bonds is 5. The number of nitrogens with one attached hydrogen (secondary N) is 1. The molecule has 1 saturated heterocycles. The molecule has 7 nitrogen and oxygen atoms in total. The highest BCUT2D eigenvalue weighted by Crippen LogP contribution is 2.39. The average molecular weight is 399 g/mol. The summed E-state index contributed by atoms with van der Waals surface area (Å²) in [7, 11) is 0. The fourth-order valence-electron chi connectivity index (χ4n) is 3.44. The first kappa shape index (κ1) is 18.6. The molecule has 0 unspecified atom stereocenters. The number of likely N-dealkylation sites (tertiary alicyclic amines) is 1. The Morgan fingerprint density at radius 2 is 1.93 bits per heavy atom. The number of amides is 3. The maximum Gasteiger partial charge on any atom is 0.250 e. The Morgan fingerprint density at radius 1 is 1.14 bits per heavy atom. The van der Waals surface area contributed by atoms with E-state index in [9.17, 15) is 14.4 Å². The van der Waals surface area contributed by atoms with Crippen molar-refractivity contribution >= 4 is 35.2 Å². The van der Waals surface area contributed by atoms with Gasteiger partial charge in [0.2, 0.25) is 11.8 Å². The number of benzene rings is 1. The highest BCUT2D eigenvalue weighted by atomic mass is 32.2. The molecule has 0 bridgehead atoms. The van der Waals surface area contributed by atoms with Gasteiger partial charge in [0.25, 0.3) is 5.91 Å². The topological polar surface area (TPSA) is 82.9 Å². The van der Waals surface area contributed by atoms with Gasteiger partial charge in [-0.3, -0.25) is 14.4 Å². The van der Waals surface area contributed by atoms with Crippen LogP contribution in [0.15, 0.2) is 52.0 Å². The molecule has 2 aliphatic heterocycles. The zero-order valence-corrected chi connectivity index (χ0v) is 16.1. The van der Waals surface area contributed by atoms with Crippen molar-refractivity contribution < 1.29 is 18.8 Å². The summed E-state index contributed by atoms with van der Waals surface area (Å²) in [6, 6.07) is 10.9. The Kier molecular flexibility index (Phi) is 5.38. The SMILES string of the molecule is O=C(CN1C(=O)[C@H](C(=O)N2CCCC2)Sc2ccccc21)NCc1ccco1. The fraction of sp³-hybridized carbons (Fsp3) is 0.350. The van der Waals surface area contributed by atoms with Crippen molar-refractivity contribution in [2.24, 2.45) is 0 Å². The number of nitrogens with zero attached hydrogens (tertiary/aromatic N) is 2. The molecule has 4 rings (SSSR count). The van der Waals surface area contributed by atoms with Gasteiger partial charge in [0.1, 0.15) is 12.3 Å². The summed E-state index contributed by atoms with van der Waals surface area (Å²) in [6.07, 6.45) is 3.47. The molecular weight excluding hydrogens is 378 g/mol. The third kappa shape index (κ3) is 3.77. The molecular formula is C20H21N3O4S. The molecule has 0 saturated carbocycles. The van der Waals surface area contributed by atoms with E-state index in [1.54, 1.807) is 23.1 Å². The lowest BCUT2D eigenvalue weighted by molar-refractivity contribution is -0.134. The Labute approximate surface area is 167 Å². The molecule has 2 aliphatic rings. The van der Waals surface area contributed by atoms with Gasteiger partial charge in [-0.25, -0.2) is 0 Å². The Morgan fingerprint density at radius 3 is 2.68 bits per heavy atom. The van der Waals surface area contributed by atoms with Crippen molar-refractivity contribution in [3.8, 4) is 0 Å². The number of para-hydroxylation sites is 1. The van der Waals surface area contributed by atoms with Crippen LogP contribution in [0.1, 0.15) is 18.6 Å². The van der Waals surface area contributed by atoms with Crippen LogP contribution in [-0.4, -0.2) is 47.5 Å². The minimum absolute atomic E-state index is 0.138. The largest absolute Gasteiger partial charge is 0.467 e. The summed E-state index contributed by atoms with van der Waals surface area (Å²) in [5.74, 6) is -0.174. The number of anilines is 1. The Balaban J connectivity index is 1.51. The molecule has 0 radical (unpaired) electrons. The predicted molar refractivity (Wildman–Crippen MR) is 105 cm³/mol. The third-order valence-corrected chi connectivity index (χ3v) is 6.11. The van der Waals surface area contributed by atoms with E-state index in [1.807, 2.05) is 18.2 Å². The van der Waals surface area contributed by atoms with Crippen molar-refractivity contribution in [1.29, 1.82) is 0 Å². The van der Waals surface area contributed by atoms with Crippen molar-refractivity contribution in [3.63, 3.8) is 0 Å². The average Bonchev–Trinajstić information content (AvgIpc) is 3.42. The van der Waals surface area contributed by atoms with Crippen LogP contribution in [0, 0.1) is 0 Å². The fourth-order valence-corrected chi connectivity index (χ4v) is 4.63. The summed E-state index contributed by atoms with van der Waals surface area (Å²) >= 11 is 1.27. The van der Waals surface area contributed by atoms with Crippen LogP contribution < -0.4 is 10.2 Å². The molecule has 1 aromatic heterocycles. The predicted octanol–water partition coefficient (Wildman–Crippen LogP) is 2.03. The van der Waals surface area contributed by atoms with Crippen molar-refractivity contribution in [2.75, 3.05) is 24.5 Å². The van der Waals surface area contributed by atoms with Crippen LogP contribution in [0.25, 0.3) is 0 Å². The second kappa shape index (κ2) is 8.10. The maximum absolute atomic E-state index is 13.1. The summed E-state index contributed by atoms with van der Waals surface area (Å²) in [5, 5.41) is 1.91. The number of furan rings is 1. The van der Waals surface area contributed by atoms with Gasteiger partial charge in [-0.2, -0.15) is 0 Å². The van der Waals surface area contributed by atoms with Gasteiger partial charge in [0, 0.05) is 18.0 Å². The quantitative estimate of drug-likeness (QED) is 0.778.